The molecule has 3 rings (SSSR count). The van der Waals surface area contributed by atoms with Gasteiger partial charge in [-0.3, -0.25) is 9.59 Å². The van der Waals surface area contributed by atoms with E-state index < -0.39 is 34.8 Å². The standard InChI is InChI=1S/C22H23F2N3O3/c1-12(2)30-21(29)14-10-27(20(28)13-6-7-16(23)17(24)8-13)11-22(3,4)15-9-18(25-5)26-19(14)15/h6-9,12,14,26H,10-11H2,1-4H3. The van der Waals surface area contributed by atoms with Crippen molar-refractivity contribution in [2.24, 2.45) is 0 Å². The highest BCUT2D eigenvalue weighted by atomic mass is 19.2. The SMILES string of the molecule is [C-]#[N+]c1cc2c([nH]1)C(C(=O)OC(C)C)CN(C(=O)c1ccc(F)c(F)c1)CC2(C)C. The first-order valence-electron chi connectivity index (χ1n) is 9.59. The van der Waals surface area contributed by atoms with Crippen LogP contribution in [0, 0.1) is 18.2 Å². The molecule has 2 aromatic rings. The maximum Gasteiger partial charge on any atom is 0.319 e. The number of carbonyl (C=O) groups excluding carboxylic acids is 2. The second-order valence-electron chi connectivity index (χ2n) is 8.33. The number of halogens is 2. The molecule has 30 heavy (non-hydrogen) atoms. The first-order valence-corrected chi connectivity index (χ1v) is 9.59. The Labute approximate surface area is 173 Å². The number of fused-ring (bicyclic) bond motifs is 1. The summed E-state index contributed by atoms with van der Waals surface area (Å²) in [6, 6.07) is 4.66. The van der Waals surface area contributed by atoms with Crippen LogP contribution < -0.4 is 0 Å². The first kappa shape index (κ1) is 21.5. The number of nitrogens with zero attached hydrogens (tertiary/aromatic N) is 2. The molecule has 0 fully saturated rings. The average molecular weight is 415 g/mol. The number of aromatic nitrogens is 1. The number of aromatic amines is 1. The lowest BCUT2D eigenvalue weighted by Gasteiger charge is -2.30. The molecule has 0 saturated heterocycles. The van der Waals surface area contributed by atoms with Crippen molar-refractivity contribution < 1.29 is 23.1 Å². The van der Waals surface area contributed by atoms with Gasteiger partial charge < -0.3 is 19.5 Å². The molecule has 0 aliphatic carbocycles. The minimum Gasteiger partial charge on any atom is -0.462 e. The number of hydrogen-bond acceptors (Lipinski definition) is 3. The van der Waals surface area contributed by atoms with Gasteiger partial charge in [0.2, 0.25) is 5.82 Å². The molecule has 0 radical (unpaired) electrons. The Morgan fingerprint density at radius 2 is 1.97 bits per heavy atom. The number of hydrogen-bond donors (Lipinski definition) is 1. The quantitative estimate of drug-likeness (QED) is 0.600. The van der Waals surface area contributed by atoms with Crippen molar-refractivity contribution in [2.45, 2.75) is 45.1 Å². The van der Waals surface area contributed by atoms with E-state index in [4.69, 9.17) is 11.3 Å². The van der Waals surface area contributed by atoms with E-state index in [9.17, 15) is 18.4 Å². The maximum absolute atomic E-state index is 13.7. The van der Waals surface area contributed by atoms with Gasteiger partial charge in [-0.2, -0.15) is 0 Å². The van der Waals surface area contributed by atoms with E-state index in [-0.39, 0.29) is 24.8 Å². The lowest BCUT2D eigenvalue weighted by molar-refractivity contribution is -0.149. The number of benzene rings is 1. The van der Waals surface area contributed by atoms with Gasteiger partial charge in [-0.05, 0) is 43.7 Å². The van der Waals surface area contributed by atoms with Gasteiger partial charge in [-0.15, -0.1) is 0 Å². The molecule has 1 amide bonds. The lowest BCUT2D eigenvalue weighted by atomic mass is 9.83. The van der Waals surface area contributed by atoms with Crippen molar-refractivity contribution in [3.63, 3.8) is 0 Å². The number of ether oxygens (including phenoxy) is 1. The van der Waals surface area contributed by atoms with E-state index >= 15 is 0 Å². The monoisotopic (exact) mass is 415 g/mol. The normalized spacial score (nSPS) is 17.8. The van der Waals surface area contributed by atoms with Gasteiger partial charge in [0.25, 0.3) is 5.91 Å². The topological polar surface area (TPSA) is 66.8 Å². The van der Waals surface area contributed by atoms with Crippen molar-refractivity contribution >= 4 is 17.7 Å². The molecule has 0 spiro atoms. The third-order valence-corrected chi connectivity index (χ3v) is 5.11. The van der Waals surface area contributed by atoms with Gasteiger partial charge in [-0.25, -0.2) is 8.78 Å². The Balaban J connectivity index is 2.05. The van der Waals surface area contributed by atoms with Crippen LogP contribution in [0.2, 0.25) is 0 Å². The predicted octanol–water partition coefficient (Wildman–Crippen LogP) is 4.31. The van der Waals surface area contributed by atoms with Crippen molar-refractivity contribution in [3.05, 3.63) is 64.1 Å². The number of H-pyrrole nitrogens is 1. The number of nitrogens with one attached hydrogen (secondary N) is 1. The highest BCUT2D eigenvalue weighted by molar-refractivity contribution is 5.95. The van der Waals surface area contributed by atoms with E-state index in [1.54, 1.807) is 19.9 Å². The number of carbonyl (C=O) groups is 2. The molecule has 158 valence electrons. The minimum atomic E-state index is -1.11. The Kier molecular flexibility index (Phi) is 5.66. The summed E-state index contributed by atoms with van der Waals surface area (Å²) in [6.45, 7) is 14.7. The number of amides is 1. The fourth-order valence-electron chi connectivity index (χ4n) is 3.76. The molecule has 1 atom stereocenters. The van der Waals surface area contributed by atoms with Crippen LogP contribution in [-0.2, 0) is 14.9 Å². The maximum atomic E-state index is 13.7. The van der Waals surface area contributed by atoms with Gasteiger partial charge in [0, 0.05) is 24.1 Å². The fourth-order valence-corrected chi connectivity index (χ4v) is 3.76. The molecule has 0 bridgehead atoms. The van der Waals surface area contributed by atoms with Gasteiger partial charge in [0.15, 0.2) is 11.6 Å². The molecule has 6 nitrogen and oxygen atoms in total. The Morgan fingerprint density at radius 3 is 2.57 bits per heavy atom. The summed E-state index contributed by atoms with van der Waals surface area (Å²) < 4.78 is 32.4. The van der Waals surface area contributed by atoms with Crippen LogP contribution in [0.3, 0.4) is 0 Å². The van der Waals surface area contributed by atoms with Gasteiger partial charge in [0.1, 0.15) is 11.6 Å². The summed E-state index contributed by atoms with van der Waals surface area (Å²) in [6.07, 6.45) is -0.358. The molecule has 0 saturated carbocycles. The Morgan fingerprint density at radius 1 is 1.27 bits per heavy atom. The Bertz CT molecular complexity index is 1040. The number of esters is 1. The van der Waals surface area contributed by atoms with E-state index in [1.165, 1.54) is 11.0 Å². The van der Waals surface area contributed by atoms with Crippen LogP contribution in [0.15, 0.2) is 24.3 Å². The molecule has 2 heterocycles. The van der Waals surface area contributed by atoms with E-state index in [1.807, 2.05) is 13.8 Å². The average Bonchev–Trinajstić information content (AvgIpc) is 3.07. The molecular weight excluding hydrogens is 392 g/mol. The third-order valence-electron chi connectivity index (χ3n) is 5.11. The number of rotatable bonds is 3. The highest BCUT2D eigenvalue weighted by Gasteiger charge is 2.42. The van der Waals surface area contributed by atoms with Crippen LogP contribution in [0.1, 0.15) is 55.2 Å². The van der Waals surface area contributed by atoms with E-state index in [0.29, 0.717) is 11.5 Å². The van der Waals surface area contributed by atoms with Crippen molar-refractivity contribution in [2.75, 3.05) is 13.1 Å². The van der Waals surface area contributed by atoms with Crippen LogP contribution in [0.4, 0.5) is 14.6 Å². The zero-order chi connectivity index (χ0) is 22.2. The van der Waals surface area contributed by atoms with E-state index in [0.717, 1.165) is 17.7 Å². The van der Waals surface area contributed by atoms with Gasteiger partial charge in [-0.1, -0.05) is 20.4 Å². The summed E-state index contributed by atoms with van der Waals surface area (Å²) in [5, 5.41) is 0. The van der Waals surface area contributed by atoms with Gasteiger partial charge in [0.05, 0.1) is 6.10 Å². The predicted molar refractivity (Wildman–Crippen MR) is 106 cm³/mol. The molecular formula is C22H23F2N3O3. The molecule has 1 aliphatic heterocycles. The largest absolute Gasteiger partial charge is 0.462 e. The summed E-state index contributed by atoms with van der Waals surface area (Å²) >= 11 is 0. The van der Waals surface area contributed by atoms with Gasteiger partial charge >= 0.3 is 5.97 Å². The van der Waals surface area contributed by atoms with Crippen LogP contribution >= 0.6 is 0 Å². The zero-order valence-corrected chi connectivity index (χ0v) is 17.3. The summed E-state index contributed by atoms with van der Waals surface area (Å²) in [5.74, 6) is -3.73. The molecule has 1 aliphatic rings. The van der Waals surface area contributed by atoms with Crippen molar-refractivity contribution in [1.82, 2.24) is 9.88 Å². The van der Waals surface area contributed by atoms with E-state index in [2.05, 4.69) is 9.83 Å². The minimum absolute atomic E-state index is 0.00640. The summed E-state index contributed by atoms with van der Waals surface area (Å²) in [4.78, 5) is 33.9. The molecule has 1 N–H and O–H groups in total. The fraction of sp³-hybridized carbons (Fsp3) is 0.409. The third kappa shape index (κ3) is 4.06. The smallest absolute Gasteiger partial charge is 0.319 e. The second kappa shape index (κ2) is 7.90. The zero-order valence-electron chi connectivity index (χ0n) is 17.3. The van der Waals surface area contributed by atoms with Crippen molar-refractivity contribution in [3.8, 4) is 0 Å². The van der Waals surface area contributed by atoms with Crippen LogP contribution in [0.25, 0.3) is 4.85 Å². The second-order valence-corrected chi connectivity index (χ2v) is 8.33. The highest BCUT2D eigenvalue weighted by Crippen LogP contribution is 2.39. The lowest BCUT2D eigenvalue weighted by Crippen LogP contribution is -2.41. The Hall–Kier alpha value is -3.21. The molecule has 1 aromatic heterocycles. The molecule has 1 aromatic carbocycles. The van der Waals surface area contributed by atoms with Crippen LogP contribution in [0.5, 0.6) is 0 Å². The summed E-state index contributed by atoms with van der Waals surface area (Å²) in [7, 11) is 0. The van der Waals surface area contributed by atoms with Crippen molar-refractivity contribution in [1.29, 1.82) is 0 Å². The van der Waals surface area contributed by atoms with Crippen LogP contribution in [-0.4, -0.2) is 41.0 Å². The first-order chi connectivity index (χ1) is 14.0. The summed E-state index contributed by atoms with van der Waals surface area (Å²) in [5.41, 5.74) is 0.681. The molecule has 1 unspecified atom stereocenters. The molecule has 8 heteroatoms.